The van der Waals surface area contributed by atoms with Crippen LogP contribution in [0.15, 0.2) is 140 Å². The molecule has 2 nitrogen and oxygen atoms in total. The largest absolute Gasteiger partial charge is 0.387 e. The lowest BCUT2D eigenvalue weighted by Crippen LogP contribution is -2.08. The minimum atomic E-state index is 0.867. The number of hydrogen-bond donors (Lipinski definition) is 1. The Hall–Kier alpha value is -4.95. The maximum Gasteiger partial charge on any atom is 0.0346 e. The third-order valence-corrected chi connectivity index (χ3v) is 7.41. The van der Waals surface area contributed by atoms with Crippen LogP contribution in [0.1, 0.15) is 5.56 Å². The smallest absolute Gasteiger partial charge is 0.0346 e. The van der Waals surface area contributed by atoms with Crippen molar-refractivity contribution in [1.82, 2.24) is 10.3 Å². The molecular weight excluding hydrogens is 460 g/mol. The Morgan fingerprint density at radius 2 is 1.13 bits per heavy atom. The molecule has 6 aromatic rings. The number of rotatable bonds is 4. The number of benzene rings is 5. The van der Waals surface area contributed by atoms with Crippen LogP contribution in [0.5, 0.6) is 0 Å². The summed E-state index contributed by atoms with van der Waals surface area (Å²) >= 11 is 0. The van der Waals surface area contributed by atoms with Crippen molar-refractivity contribution in [2.45, 2.75) is 0 Å². The predicted molar refractivity (Wildman–Crippen MR) is 161 cm³/mol. The van der Waals surface area contributed by atoms with Gasteiger partial charge in [-0.3, -0.25) is 4.98 Å². The number of nitrogens with zero attached hydrogens (tertiary/aromatic N) is 1. The molecule has 1 aliphatic heterocycles. The standard InChI is InChI=1S/C36H26N2/c1-3-12-33-31(10-1)35(27-16-14-25(15-17-27)26-18-21-37-22-19-26)32-11-2-4-13-34(32)36(33)29-8-5-7-28(23-29)30-9-6-20-38-24-30/h1-21,23-24,37H,22H2. The van der Waals surface area contributed by atoms with Crippen LogP contribution in [0.25, 0.3) is 60.5 Å². The third-order valence-electron chi connectivity index (χ3n) is 7.41. The Bertz CT molecular complexity index is 1790. The van der Waals surface area contributed by atoms with Gasteiger partial charge in [-0.05, 0) is 84.9 Å². The molecule has 5 aromatic carbocycles. The summed E-state index contributed by atoms with van der Waals surface area (Å²) in [6.07, 6.45) is 10.1. The lowest BCUT2D eigenvalue weighted by Gasteiger charge is -2.18. The second kappa shape index (κ2) is 9.49. The van der Waals surface area contributed by atoms with Crippen LogP contribution in [-0.4, -0.2) is 11.5 Å². The van der Waals surface area contributed by atoms with E-state index in [1.807, 2.05) is 24.7 Å². The zero-order chi connectivity index (χ0) is 25.3. The average molecular weight is 487 g/mol. The highest BCUT2D eigenvalue weighted by atomic mass is 14.8. The molecule has 0 radical (unpaired) electrons. The van der Waals surface area contributed by atoms with Gasteiger partial charge in [0.05, 0.1) is 0 Å². The van der Waals surface area contributed by atoms with Gasteiger partial charge in [0.2, 0.25) is 0 Å². The van der Waals surface area contributed by atoms with Crippen LogP contribution >= 0.6 is 0 Å². The molecule has 1 aliphatic rings. The molecule has 0 unspecified atom stereocenters. The van der Waals surface area contributed by atoms with Crippen LogP contribution in [0.2, 0.25) is 0 Å². The molecule has 0 amide bonds. The fraction of sp³-hybridized carbons (Fsp3) is 0.0278. The number of pyridine rings is 1. The number of dihydropyridines is 1. The minimum Gasteiger partial charge on any atom is -0.387 e. The van der Waals surface area contributed by atoms with E-state index in [1.54, 1.807) is 0 Å². The first kappa shape index (κ1) is 22.3. The van der Waals surface area contributed by atoms with Gasteiger partial charge in [-0.1, -0.05) is 103 Å². The first-order valence-electron chi connectivity index (χ1n) is 13.0. The van der Waals surface area contributed by atoms with Gasteiger partial charge in [-0.25, -0.2) is 0 Å². The number of allylic oxidation sites excluding steroid dienone is 2. The van der Waals surface area contributed by atoms with Gasteiger partial charge < -0.3 is 5.32 Å². The van der Waals surface area contributed by atoms with Crippen LogP contribution in [-0.2, 0) is 0 Å². The molecule has 0 spiro atoms. The third kappa shape index (κ3) is 3.88. The van der Waals surface area contributed by atoms with Crippen molar-refractivity contribution in [1.29, 1.82) is 0 Å². The lowest BCUT2D eigenvalue weighted by atomic mass is 9.85. The van der Waals surface area contributed by atoms with E-state index in [0.717, 1.165) is 12.1 Å². The minimum absolute atomic E-state index is 0.867. The molecule has 0 aliphatic carbocycles. The van der Waals surface area contributed by atoms with E-state index >= 15 is 0 Å². The van der Waals surface area contributed by atoms with Crippen LogP contribution < -0.4 is 5.32 Å². The summed E-state index contributed by atoms with van der Waals surface area (Å²) in [6.45, 7) is 0.867. The van der Waals surface area contributed by atoms with E-state index in [1.165, 1.54) is 60.5 Å². The summed E-state index contributed by atoms with van der Waals surface area (Å²) in [5.74, 6) is 0. The highest BCUT2D eigenvalue weighted by Gasteiger charge is 2.17. The first-order valence-corrected chi connectivity index (χ1v) is 13.0. The zero-order valence-corrected chi connectivity index (χ0v) is 20.9. The topological polar surface area (TPSA) is 24.9 Å². The molecule has 1 aromatic heterocycles. The van der Waals surface area contributed by atoms with E-state index in [9.17, 15) is 0 Å². The van der Waals surface area contributed by atoms with Gasteiger partial charge in [0.15, 0.2) is 0 Å². The quantitative estimate of drug-likeness (QED) is 0.252. The Morgan fingerprint density at radius 3 is 1.74 bits per heavy atom. The normalized spacial score (nSPS) is 12.9. The predicted octanol–water partition coefficient (Wildman–Crippen LogP) is 8.89. The van der Waals surface area contributed by atoms with Crippen molar-refractivity contribution in [3.05, 3.63) is 146 Å². The molecule has 38 heavy (non-hydrogen) atoms. The summed E-state index contributed by atoms with van der Waals surface area (Å²) in [6, 6.07) is 39.6. The molecule has 0 saturated heterocycles. The summed E-state index contributed by atoms with van der Waals surface area (Å²) in [4.78, 5) is 4.33. The van der Waals surface area contributed by atoms with Crippen molar-refractivity contribution < 1.29 is 0 Å². The van der Waals surface area contributed by atoms with Gasteiger partial charge in [-0.15, -0.1) is 0 Å². The van der Waals surface area contributed by atoms with Gasteiger partial charge in [0, 0.05) is 24.5 Å². The molecule has 0 bridgehead atoms. The second-order valence-electron chi connectivity index (χ2n) is 9.64. The summed E-state index contributed by atoms with van der Waals surface area (Å²) in [5.41, 5.74) is 9.79. The lowest BCUT2D eigenvalue weighted by molar-refractivity contribution is 0.976. The fourth-order valence-electron chi connectivity index (χ4n) is 5.64. The van der Waals surface area contributed by atoms with Gasteiger partial charge in [-0.2, -0.15) is 0 Å². The number of aromatic nitrogens is 1. The second-order valence-corrected chi connectivity index (χ2v) is 9.64. The Kier molecular flexibility index (Phi) is 5.56. The molecule has 0 atom stereocenters. The molecule has 7 rings (SSSR count). The van der Waals surface area contributed by atoms with Crippen molar-refractivity contribution >= 4 is 27.1 Å². The average Bonchev–Trinajstić information content (AvgIpc) is 3.01. The van der Waals surface area contributed by atoms with E-state index in [-0.39, 0.29) is 0 Å². The highest BCUT2D eigenvalue weighted by Crippen LogP contribution is 2.44. The van der Waals surface area contributed by atoms with E-state index in [4.69, 9.17) is 0 Å². The molecular formula is C36H26N2. The van der Waals surface area contributed by atoms with Gasteiger partial charge in [0.25, 0.3) is 0 Å². The van der Waals surface area contributed by atoms with Crippen molar-refractivity contribution in [2.75, 3.05) is 6.54 Å². The highest BCUT2D eigenvalue weighted by molar-refractivity contribution is 6.21. The van der Waals surface area contributed by atoms with Gasteiger partial charge in [0.1, 0.15) is 0 Å². The number of fused-ring (bicyclic) bond motifs is 2. The Balaban J connectivity index is 1.46. The summed E-state index contributed by atoms with van der Waals surface area (Å²) < 4.78 is 0. The molecule has 0 fully saturated rings. The summed E-state index contributed by atoms with van der Waals surface area (Å²) in [7, 11) is 0. The number of nitrogens with one attached hydrogen (secondary N) is 1. The SMILES string of the molecule is C1=CC(c2ccc(-c3c4ccccc4c(-c4cccc(-c5cccnc5)c4)c4ccccc34)cc2)=CCN1. The molecule has 2 heterocycles. The van der Waals surface area contributed by atoms with Crippen molar-refractivity contribution in [3.8, 4) is 33.4 Å². The maximum absolute atomic E-state index is 4.33. The van der Waals surface area contributed by atoms with E-state index < -0.39 is 0 Å². The fourth-order valence-corrected chi connectivity index (χ4v) is 5.64. The zero-order valence-electron chi connectivity index (χ0n) is 20.9. The monoisotopic (exact) mass is 486 g/mol. The Labute approximate surface area is 222 Å². The first-order chi connectivity index (χ1) is 18.9. The van der Waals surface area contributed by atoms with Crippen LogP contribution in [0, 0.1) is 0 Å². The van der Waals surface area contributed by atoms with Crippen LogP contribution in [0.4, 0.5) is 0 Å². The summed E-state index contributed by atoms with van der Waals surface area (Å²) in [5, 5.41) is 8.29. The van der Waals surface area contributed by atoms with Gasteiger partial charge >= 0.3 is 0 Å². The molecule has 0 saturated carbocycles. The molecule has 180 valence electrons. The van der Waals surface area contributed by atoms with Crippen molar-refractivity contribution in [3.63, 3.8) is 0 Å². The van der Waals surface area contributed by atoms with E-state index in [2.05, 4.69) is 126 Å². The van der Waals surface area contributed by atoms with Crippen LogP contribution in [0.3, 0.4) is 0 Å². The van der Waals surface area contributed by atoms with Crippen molar-refractivity contribution in [2.24, 2.45) is 0 Å². The maximum atomic E-state index is 4.33. The Morgan fingerprint density at radius 1 is 0.526 bits per heavy atom. The van der Waals surface area contributed by atoms with E-state index in [0.29, 0.717) is 0 Å². The molecule has 2 heteroatoms. The molecule has 1 N–H and O–H groups in total. The number of hydrogen-bond acceptors (Lipinski definition) is 2.